The van der Waals surface area contributed by atoms with Crippen LogP contribution in [0.15, 0.2) is 36.4 Å². The number of imidazole rings is 1. The van der Waals surface area contributed by atoms with E-state index in [2.05, 4.69) is 4.98 Å². The van der Waals surface area contributed by atoms with E-state index in [9.17, 15) is 9.90 Å². The molecule has 1 unspecified atom stereocenters. The van der Waals surface area contributed by atoms with Crippen molar-refractivity contribution in [3.63, 3.8) is 0 Å². The molecule has 0 spiro atoms. The highest BCUT2D eigenvalue weighted by molar-refractivity contribution is 5.94. The van der Waals surface area contributed by atoms with Crippen molar-refractivity contribution in [1.82, 2.24) is 9.55 Å². The number of aliphatic hydroxyl groups excluding tert-OH is 1. The van der Waals surface area contributed by atoms with Gasteiger partial charge in [0.2, 0.25) is 0 Å². The van der Waals surface area contributed by atoms with Crippen molar-refractivity contribution in [1.29, 1.82) is 0 Å². The fraction of sp³-hybridized carbons (Fsp3) is 0.333. The van der Waals surface area contributed by atoms with Crippen LogP contribution < -0.4 is 14.2 Å². The number of carbonyl (C=O) groups excluding carboxylic acids is 1. The maximum atomic E-state index is 11.5. The summed E-state index contributed by atoms with van der Waals surface area (Å²) in [4.78, 5) is 16.0. The Balaban J connectivity index is 1.49. The first-order valence-corrected chi connectivity index (χ1v) is 9.19. The molecule has 2 heterocycles. The van der Waals surface area contributed by atoms with Gasteiger partial charge < -0.3 is 23.9 Å². The van der Waals surface area contributed by atoms with E-state index >= 15 is 0 Å². The molecule has 1 aromatic heterocycles. The molecular formula is C21H22N2O5. The Morgan fingerprint density at radius 3 is 2.75 bits per heavy atom. The minimum atomic E-state index is -0.745. The average molecular weight is 382 g/mol. The molecule has 0 amide bonds. The second-order valence-corrected chi connectivity index (χ2v) is 6.80. The molecular weight excluding hydrogens is 360 g/mol. The van der Waals surface area contributed by atoms with Crippen LogP contribution in [0.5, 0.6) is 17.2 Å². The fourth-order valence-electron chi connectivity index (χ4n) is 3.27. The molecule has 0 bridgehead atoms. The number of nitrogens with zero attached hydrogens (tertiary/aromatic N) is 2. The van der Waals surface area contributed by atoms with Gasteiger partial charge in [0, 0.05) is 17.7 Å². The highest BCUT2D eigenvalue weighted by Gasteiger charge is 2.18. The number of aliphatic hydroxyl groups is 1. The largest absolute Gasteiger partial charge is 0.491 e. The van der Waals surface area contributed by atoms with Crippen LogP contribution in [-0.2, 0) is 6.54 Å². The number of hydrogen-bond donors (Lipinski definition) is 1. The van der Waals surface area contributed by atoms with Gasteiger partial charge in [-0.3, -0.25) is 4.79 Å². The van der Waals surface area contributed by atoms with Crippen LogP contribution in [0.3, 0.4) is 0 Å². The molecule has 0 saturated heterocycles. The van der Waals surface area contributed by atoms with Crippen molar-refractivity contribution >= 4 is 16.8 Å². The smallest absolute Gasteiger partial charge is 0.163 e. The third-order valence-electron chi connectivity index (χ3n) is 4.68. The van der Waals surface area contributed by atoms with E-state index in [0.29, 0.717) is 42.6 Å². The van der Waals surface area contributed by atoms with E-state index in [1.807, 2.05) is 23.6 Å². The summed E-state index contributed by atoms with van der Waals surface area (Å²) in [5.41, 5.74) is 2.25. The Hall–Kier alpha value is -3.06. The Bertz CT molecular complexity index is 1030. The SMILES string of the molecule is CC(=O)c1cccc(OCC(O)Cn2c(C)nc3cc4c(cc32)OCCO4)c1. The van der Waals surface area contributed by atoms with Gasteiger partial charge in [0.25, 0.3) is 0 Å². The van der Waals surface area contributed by atoms with Crippen LogP contribution >= 0.6 is 0 Å². The Labute approximate surface area is 162 Å². The van der Waals surface area contributed by atoms with Crippen molar-refractivity contribution in [2.45, 2.75) is 26.5 Å². The number of ether oxygens (including phenoxy) is 3. The number of benzene rings is 2. The van der Waals surface area contributed by atoms with Crippen molar-refractivity contribution in [2.24, 2.45) is 0 Å². The van der Waals surface area contributed by atoms with Gasteiger partial charge in [-0.1, -0.05) is 12.1 Å². The van der Waals surface area contributed by atoms with E-state index < -0.39 is 6.10 Å². The number of ketones is 1. The fourth-order valence-corrected chi connectivity index (χ4v) is 3.27. The van der Waals surface area contributed by atoms with Crippen molar-refractivity contribution in [3.8, 4) is 17.2 Å². The normalized spacial score (nSPS) is 14.1. The number of fused-ring (bicyclic) bond motifs is 2. The molecule has 146 valence electrons. The molecule has 28 heavy (non-hydrogen) atoms. The highest BCUT2D eigenvalue weighted by Crippen LogP contribution is 2.34. The second-order valence-electron chi connectivity index (χ2n) is 6.80. The first-order chi connectivity index (χ1) is 13.5. The first kappa shape index (κ1) is 18.3. The van der Waals surface area contributed by atoms with E-state index in [0.717, 1.165) is 16.9 Å². The summed E-state index contributed by atoms with van der Waals surface area (Å²) < 4.78 is 18.9. The minimum Gasteiger partial charge on any atom is -0.491 e. The monoisotopic (exact) mass is 382 g/mol. The lowest BCUT2D eigenvalue weighted by molar-refractivity contribution is 0.0927. The quantitative estimate of drug-likeness (QED) is 0.660. The predicted octanol–water partition coefficient (Wildman–Crippen LogP) is 2.76. The molecule has 1 N–H and O–H groups in total. The Morgan fingerprint density at radius 1 is 1.25 bits per heavy atom. The highest BCUT2D eigenvalue weighted by atomic mass is 16.6. The molecule has 0 aliphatic carbocycles. The topological polar surface area (TPSA) is 82.8 Å². The molecule has 7 heteroatoms. The second kappa shape index (κ2) is 7.52. The Morgan fingerprint density at radius 2 is 2.00 bits per heavy atom. The molecule has 7 nitrogen and oxygen atoms in total. The summed E-state index contributed by atoms with van der Waals surface area (Å²) in [5.74, 6) is 2.69. The van der Waals surface area contributed by atoms with Gasteiger partial charge in [0.05, 0.1) is 17.6 Å². The van der Waals surface area contributed by atoms with Crippen LogP contribution in [0.1, 0.15) is 23.1 Å². The van der Waals surface area contributed by atoms with Crippen molar-refractivity contribution in [3.05, 3.63) is 47.8 Å². The molecule has 3 aromatic rings. The molecule has 0 radical (unpaired) electrons. The van der Waals surface area contributed by atoms with Crippen molar-refractivity contribution in [2.75, 3.05) is 19.8 Å². The molecule has 0 saturated carbocycles. The zero-order chi connectivity index (χ0) is 19.7. The van der Waals surface area contributed by atoms with Gasteiger partial charge in [0.1, 0.15) is 37.5 Å². The van der Waals surface area contributed by atoms with Gasteiger partial charge in [-0.05, 0) is 26.0 Å². The maximum Gasteiger partial charge on any atom is 0.163 e. The zero-order valence-corrected chi connectivity index (χ0v) is 15.8. The summed E-state index contributed by atoms with van der Waals surface area (Å²) in [6.07, 6.45) is -0.745. The van der Waals surface area contributed by atoms with Gasteiger partial charge in [-0.15, -0.1) is 0 Å². The summed E-state index contributed by atoms with van der Waals surface area (Å²) in [6.45, 7) is 4.87. The lowest BCUT2D eigenvalue weighted by atomic mass is 10.1. The number of Topliss-reactive ketones (excluding diaryl/α,β-unsaturated/α-hetero) is 1. The first-order valence-electron chi connectivity index (χ1n) is 9.19. The molecule has 2 aromatic carbocycles. The molecule has 4 rings (SSSR count). The zero-order valence-electron chi connectivity index (χ0n) is 15.8. The van der Waals surface area contributed by atoms with Crippen LogP contribution in [-0.4, -0.2) is 46.4 Å². The number of rotatable bonds is 6. The number of hydrogen-bond acceptors (Lipinski definition) is 6. The van der Waals surface area contributed by atoms with E-state index in [-0.39, 0.29) is 12.4 Å². The lowest BCUT2D eigenvalue weighted by Crippen LogP contribution is -2.24. The van der Waals surface area contributed by atoms with Gasteiger partial charge in [0.15, 0.2) is 17.3 Å². The van der Waals surface area contributed by atoms with Crippen LogP contribution in [0.2, 0.25) is 0 Å². The van der Waals surface area contributed by atoms with E-state index in [1.54, 1.807) is 24.3 Å². The van der Waals surface area contributed by atoms with Crippen LogP contribution in [0.4, 0.5) is 0 Å². The van der Waals surface area contributed by atoms with E-state index in [4.69, 9.17) is 14.2 Å². The summed E-state index contributed by atoms with van der Waals surface area (Å²) in [5, 5.41) is 10.5. The average Bonchev–Trinajstić information content (AvgIpc) is 2.99. The third-order valence-corrected chi connectivity index (χ3v) is 4.68. The number of aromatic nitrogens is 2. The third kappa shape index (κ3) is 3.66. The summed E-state index contributed by atoms with van der Waals surface area (Å²) in [7, 11) is 0. The van der Waals surface area contributed by atoms with Crippen LogP contribution in [0.25, 0.3) is 11.0 Å². The standard InChI is InChI=1S/C21H22N2O5/c1-13(24)15-4-3-5-17(8-15)28-12-16(25)11-23-14(2)22-18-9-20-21(10-19(18)23)27-7-6-26-20/h3-5,8-10,16,25H,6-7,11-12H2,1-2H3. The summed E-state index contributed by atoms with van der Waals surface area (Å²) >= 11 is 0. The van der Waals surface area contributed by atoms with Gasteiger partial charge >= 0.3 is 0 Å². The van der Waals surface area contributed by atoms with Crippen LogP contribution in [0, 0.1) is 6.92 Å². The van der Waals surface area contributed by atoms with Gasteiger partial charge in [-0.2, -0.15) is 0 Å². The predicted molar refractivity (Wildman–Crippen MR) is 103 cm³/mol. The molecule has 1 aliphatic heterocycles. The molecule has 1 aliphatic rings. The lowest BCUT2D eigenvalue weighted by Gasteiger charge is -2.19. The molecule has 0 fully saturated rings. The van der Waals surface area contributed by atoms with Crippen molar-refractivity contribution < 1.29 is 24.1 Å². The minimum absolute atomic E-state index is 0.0268. The number of carbonyl (C=O) groups is 1. The van der Waals surface area contributed by atoms with Gasteiger partial charge in [-0.25, -0.2) is 4.98 Å². The summed E-state index contributed by atoms with van der Waals surface area (Å²) in [6, 6.07) is 10.7. The maximum absolute atomic E-state index is 11.5. The number of aryl methyl sites for hydroxylation is 1. The molecule has 1 atom stereocenters. The Kier molecular flexibility index (Phi) is 4.92. The van der Waals surface area contributed by atoms with E-state index in [1.165, 1.54) is 6.92 Å².